The van der Waals surface area contributed by atoms with Gasteiger partial charge in [0.1, 0.15) is 5.76 Å². The van der Waals surface area contributed by atoms with Gasteiger partial charge in [0.05, 0.1) is 12.4 Å². The summed E-state index contributed by atoms with van der Waals surface area (Å²) in [5.74, 6) is 0.987. The molecule has 1 aliphatic heterocycles. The Bertz CT molecular complexity index is 484. The number of hydrogen-bond acceptors (Lipinski definition) is 3. The number of nitrogens with one attached hydrogen (secondary N) is 2. The molecule has 0 saturated carbocycles. The molecule has 1 saturated heterocycles. The normalized spacial score (nSPS) is 19.1. The van der Waals surface area contributed by atoms with Gasteiger partial charge in [-0.25, -0.2) is 0 Å². The highest BCUT2D eigenvalue weighted by Gasteiger charge is 2.14. The van der Waals surface area contributed by atoms with Crippen LogP contribution in [0.25, 0.3) is 0 Å². The molecule has 0 amide bonds. The fraction of sp³-hybridized carbons (Fsp3) is 0.467. The van der Waals surface area contributed by atoms with Crippen LogP contribution in [0.15, 0.2) is 34.9 Å². The SMILES string of the molecule is c1coc(Cc2ccc(CNCC3CCCO3)[nH]2)c1. The van der Waals surface area contributed by atoms with Gasteiger partial charge < -0.3 is 19.5 Å². The van der Waals surface area contributed by atoms with E-state index < -0.39 is 0 Å². The largest absolute Gasteiger partial charge is 0.469 e. The lowest BCUT2D eigenvalue weighted by atomic mass is 10.2. The minimum Gasteiger partial charge on any atom is -0.469 e. The van der Waals surface area contributed by atoms with E-state index in [9.17, 15) is 0 Å². The monoisotopic (exact) mass is 260 g/mol. The van der Waals surface area contributed by atoms with Gasteiger partial charge in [-0.1, -0.05) is 0 Å². The van der Waals surface area contributed by atoms with Crippen LogP contribution >= 0.6 is 0 Å². The van der Waals surface area contributed by atoms with Crippen molar-refractivity contribution >= 4 is 0 Å². The summed E-state index contributed by atoms with van der Waals surface area (Å²) in [4.78, 5) is 3.41. The molecule has 0 spiro atoms. The Balaban J connectivity index is 1.45. The summed E-state index contributed by atoms with van der Waals surface area (Å²) in [6.07, 6.45) is 5.31. The highest BCUT2D eigenvalue weighted by molar-refractivity contribution is 5.18. The van der Waals surface area contributed by atoms with Crippen LogP contribution in [0.5, 0.6) is 0 Å². The first-order valence-corrected chi connectivity index (χ1v) is 6.91. The Morgan fingerprint density at radius 1 is 1.26 bits per heavy atom. The van der Waals surface area contributed by atoms with Gasteiger partial charge in [0, 0.05) is 37.5 Å². The molecule has 2 aromatic rings. The van der Waals surface area contributed by atoms with E-state index in [4.69, 9.17) is 9.15 Å². The zero-order valence-corrected chi connectivity index (χ0v) is 11.0. The van der Waals surface area contributed by atoms with Gasteiger partial charge in [0.25, 0.3) is 0 Å². The third-order valence-corrected chi connectivity index (χ3v) is 3.46. The van der Waals surface area contributed by atoms with Gasteiger partial charge in [-0.2, -0.15) is 0 Å². The molecule has 0 radical (unpaired) electrons. The Morgan fingerprint density at radius 3 is 3.00 bits per heavy atom. The van der Waals surface area contributed by atoms with Crippen molar-refractivity contribution in [2.75, 3.05) is 13.2 Å². The van der Waals surface area contributed by atoms with Crippen molar-refractivity contribution in [2.45, 2.75) is 31.9 Å². The quantitative estimate of drug-likeness (QED) is 0.839. The average Bonchev–Trinajstić information content (AvgIpc) is 3.12. The standard InChI is InChI=1S/C15H20N2O2/c1-3-14(18-7-1)9-12-5-6-13(17-12)10-16-11-15-4-2-8-19-15/h1,3,5-7,15-17H,2,4,8-11H2. The third-order valence-electron chi connectivity index (χ3n) is 3.46. The van der Waals surface area contributed by atoms with Crippen LogP contribution < -0.4 is 5.32 Å². The Labute approximate surface area is 113 Å². The molecule has 1 aliphatic rings. The third kappa shape index (κ3) is 3.49. The van der Waals surface area contributed by atoms with Gasteiger partial charge in [0.2, 0.25) is 0 Å². The lowest BCUT2D eigenvalue weighted by molar-refractivity contribution is 0.110. The number of rotatable bonds is 6. The predicted octanol–water partition coefficient (Wildman–Crippen LogP) is 2.47. The van der Waals surface area contributed by atoms with Crippen molar-refractivity contribution in [3.8, 4) is 0 Å². The maximum absolute atomic E-state index is 5.58. The second kappa shape index (κ2) is 6.08. The maximum atomic E-state index is 5.58. The van der Waals surface area contributed by atoms with E-state index in [1.807, 2.05) is 12.1 Å². The number of aromatic amines is 1. The van der Waals surface area contributed by atoms with Crippen LogP contribution in [0.3, 0.4) is 0 Å². The molecule has 0 aliphatic carbocycles. The van der Waals surface area contributed by atoms with Crippen molar-refractivity contribution in [3.63, 3.8) is 0 Å². The number of furan rings is 1. The summed E-state index contributed by atoms with van der Waals surface area (Å²) in [6.45, 7) is 2.71. The second-order valence-electron chi connectivity index (χ2n) is 5.03. The van der Waals surface area contributed by atoms with Gasteiger partial charge in [-0.3, -0.25) is 0 Å². The molecular formula is C15H20N2O2. The number of ether oxygens (including phenoxy) is 1. The van der Waals surface area contributed by atoms with E-state index in [1.54, 1.807) is 6.26 Å². The summed E-state index contributed by atoms with van der Waals surface area (Å²) in [7, 11) is 0. The molecule has 0 bridgehead atoms. The lowest BCUT2D eigenvalue weighted by Gasteiger charge is -2.09. The molecule has 102 valence electrons. The Kier molecular flexibility index (Phi) is 4.01. The van der Waals surface area contributed by atoms with Gasteiger partial charge in [-0.15, -0.1) is 0 Å². The van der Waals surface area contributed by atoms with Crippen LogP contribution in [0.4, 0.5) is 0 Å². The minimum absolute atomic E-state index is 0.401. The van der Waals surface area contributed by atoms with Crippen molar-refractivity contribution in [3.05, 3.63) is 47.7 Å². The van der Waals surface area contributed by atoms with Gasteiger partial charge >= 0.3 is 0 Å². The fourth-order valence-corrected chi connectivity index (χ4v) is 2.47. The Morgan fingerprint density at radius 2 is 2.21 bits per heavy atom. The van der Waals surface area contributed by atoms with Gasteiger partial charge in [0.15, 0.2) is 0 Å². The zero-order chi connectivity index (χ0) is 12.9. The van der Waals surface area contributed by atoms with Crippen LogP contribution in [-0.4, -0.2) is 24.2 Å². The molecule has 2 N–H and O–H groups in total. The van der Waals surface area contributed by atoms with Crippen LogP contribution in [0.1, 0.15) is 30.0 Å². The fourth-order valence-electron chi connectivity index (χ4n) is 2.47. The van der Waals surface area contributed by atoms with Crippen LogP contribution in [0.2, 0.25) is 0 Å². The first kappa shape index (κ1) is 12.5. The van der Waals surface area contributed by atoms with Crippen molar-refractivity contribution in [1.82, 2.24) is 10.3 Å². The highest BCUT2D eigenvalue weighted by atomic mass is 16.5. The molecule has 4 nitrogen and oxygen atoms in total. The molecule has 1 atom stereocenters. The first-order chi connectivity index (χ1) is 9.40. The van der Waals surface area contributed by atoms with Crippen LogP contribution in [-0.2, 0) is 17.7 Å². The topological polar surface area (TPSA) is 50.2 Å². The molecule has 3 rings (SSSR count). The molecule has 0 aromatic carbocycles. The zero-order valence-electron chi connectivity index (χ0n) is 11.0. The summed E-state index contributed by atoms with van der Waals surface area (Å²) < 4.78 is 10.9. The second-order valence-corrected chi connectivity index (χ2v) is 5.03. The smallest absolute Gasteiger partial charge is 0.109 e. The lowest BCUT2D eigenvalue weighted by Crippen LogP contribution is -2.25. The van der Waals surface area contributed by atoms with E-state index >= 15 is 0 Å². The summed E-state index contributed by atoms with van der Waals surface area (Å²) in [5.41, 5.74) is 2.39. The maximum Gasteiger partial charge on any atom is 0.109 e. The van der Waals surface area contributed by atoms with E-state index in [2.05, 4.69) is 22.4 Å². The van der Waals surface area contributed by atoms with E-state index in [0.29, 0.717) is 6.10 Å². The van der Waals surface area contributed by atoms with Crippen molar-refractivity contribution < 1.29 is 9.15 Å². The Hall–Kier alpha value is -1.52. The minimum atomic E-state index is 0.401. The molecular weight excluding hydrogens is 240 g/mol. The van der Waals surface area contributed by atoms with Gasteiger partial charge in [-0.05, 0) is 37.1 Å². The van der Waals surface area contributed by atoms with Crippen molar-refractivity contribution in [2.24, 2.45) is 0 Å². The number of hydrogen-bond donors (Lipinski definition) is 2. The molecule has 3 heterocycles. The molecule has 19 heavy (non-hydrogen) atoms. The highest BCUT2D eigenvalue weighted by Crippen LogP contribution is 2.12. The van der Waals surface area contributed by atoms with Crippen molar-refractivity contribution in [1.29, 1.82) is 0 Å². The summed E-state index contributed by atoms with van der Waals surface area (Å²) >= 11 is 0. The molecule has 4 heteroatoms. The van der Waals surface area contributed by atoms with E-state index in [1.165, 1.54) is 24.2 Å². The average molecular weight is 260 g/mol. The predicted molar refractivity (Wildman–Crippen MR) is 73.0 cm³/mol. The first-order valence-electron chi connectivity index (χ1n) is 6.91. The number of aromatic nitrogens is 1. The van der Waals surface area contributed by atoms with E-state index in [-0.39, 0.29) is 0 Å². The summed E-state index contributed by atoms with van der Waals surface area (Å²) in [5, 5.41) is 3.44. The molecule has 1 fully saturated rings. The van der Waals surface area contributed by atoms with E-state index in [0.717, 1.165) is 31.9 Å². The van der Waals surface area contributed by atoms with Crippen LogP contribution in [0, 0.1) is 0 Å². The molecule has 1 unspecified atom stereocenters. The summed E-state index contributed by atoms with van der Waals surface area (Å²) in [6, 6.07) is 8.16. The molecule has 2 aromatic heterocycles. The number of H-pyrrole nitrogens is 1.